The number of phenols is 1. The number of carbonyl (C=O) groups is 2. The third kappa shape index (κ3) is 3.48. The van der Waals surface area contributed by atoms with Gasteiger partial charge in [-0.05, 0) is 32.4 Å². The smallest absolute Gasteiger partial charge is 0.255 e. The molecule has 0 aliphatic rings. The zero-order valence-electron chi connectivity index (χ0n) is 10.8. The summed E-state index contributed by atoms with van der Waals surface area (Å²) in [5.41, 5.74) is 5.16. The standard InChI is InChI=1S/C13H18N2O3/c1-8-5-4-6-9(11(8)17)12(18)15-13(2,3)7-10(14)16/h4-6,17H,7H2,1-3H3,(H2,14,16)(H,15,18). The molecular weight excluding hydrogens is 232 g/mol. The van der Waals surface area contributed by atoms with Gasteiger partial charge in [-0.3, -0.25) is 9.59 Å². The van der Waals surface area contributed by atoms with Gasteiger partial charge in [0.2, 0.25) is 5.91 Å². The molecule has 4 N–H and O–H groups in total. The monoisotopic (exact) mass is 250 g/mol. The number of aryl methyl sites for hydroxylation is 1. The van der Waals surface area contributed by atoms with E-state index >= 15 is 0 Å². The van der Waals surface area contributed by atoms with Crippen LogP contribution in [-0.2, 0) is 4.79 Å². The molecule has 2 amide bonds. The van der Waals surface area contributed by atoms with E-state index in [2.05, 4.69) is 5.32 Å². The van der Waals surface area contributed by atoms with Crippen molar-refractivity contribution < 1.29 is 14.7 Å². The molecule has 0 aliphatic carbocycles. The fourth-order valence-corrected chi connectivity index (χ4v) is 1.70. The van der Waals surface area contributed by atoms with Gasteiger partial charge in [0.25, 0.3) is 5.91 Å². The number of hydrogen-bond acceptors (Lipinski definition) is 3. The van der Waals surface area contributed by atoms with Crippen molar-refractivity contribution in [1.29, 1.82) is 0 Å². The normalized spacial score (nSPS) is 11.1. The summed E-state index contributed by atoms with van der Waals surface area (Å²) in [6, 6.07) is 4.92. The summed E-state index contributed by atoms with van der Waals surface area (Å²) < 4.78 is 0. The number of nitrogens with one attached hydrogen (secondary N) is 1. The Morgan fingerprint density at radius 1 is 1.39 bits per heavy atom. The maximum Gasteiger partial charge on any atom is 0.255 e. The number of hydrogen-bond donors (Lipinski definition) is 3. The minimum absolute atomic E-state index is 0.0331. The Bertz CT molecular complexity index is 481. The molecule has 0 bridgehead atoms. The lowest BCUT2D eigenvalue weighted by molar-refractivity contribution is -0.119. The molecule has 0 saturated carbocycles. The van der Waals surface area contributed by atoms with Crippen molar-refractivity contribution in [2.45, 2.75) is 32.7 Å². The molecule has 0 unspecified atom stereocenters. The number of carbonyl (C=O) groups excluding carboxylic acids is 2. The molecule has 0 saturated heterocycles. The van der Waals surface area contributed by atoms with Gasteiger partial charge in [0.15, 0.2) is 0 Å². The summed E-state index contributed by atoms with van der Waals surface area (Å²) in [5.74, 6) is -0.971. The number of phenolic OH excluding ortho intramolecular Hbond substituents is 1. The van der Waals surface area contributed by atoms with E-state index in [1.807, 2.05) is 0 Å². The molecule has 1 aromatic carbocycles. The Balaban J connectivity index is 2.89. The fraction of sp³-hybridized carbons (Fsp3) is 0.385. The molecule has 1 rings (SSSR count). The van der Waals surface area contributed by atoms with Gasteiger partial charge in [-0.25, -0.2) is 0 Å². The molecular formula is C13H18N2O3. The van der Waals surface area contributed by atoms with Gasteiger partial charge >= 0.3 is 0 Å². The van der Waals surface area contributed by atoms with Gasteiger partial charge in [0, 0.05) is 12.0 Å². The maximum atomic E-state index is 12.0. The van der Waals surface area contributed by atoms with E-state index in [0.29, 0.717) is 5.56 Å². The third-order valence-corrected chi connectivity index (χ3v) is 2.55. The highest BCUT2D eigenvalue weighted by atomic mass is 16.3. The first-order chi connectivity index (χ1) is 8.23. The molecule has 0 atom stereocenters. The zero-order chi connectivity index (χ0) is 13.9. The molecule has 0 radical (unpaired) electrons. The highest BCUT2D eigenvalue weighted by molar-refractivity contribution is 5.97. The van der Waals surface area contributed by atoms with E-state index in [-0.39, 0.29) is 17.7 Å². The van der Waals surface area contributed by atoms with E-state index in [1.165, 1.54) is 6.07 Å². The number of aromatic hydroxyl groups is 1. The van der Waals surface area contributed by atoms with E-state index in [9.17, 15) is 14.7 Å². The van der Waals surface area contributed by atoms with Gasteiger partial charge in [-0.2, -0.15) is 0 Å². The molecule has 1 aromatic rings. The first-order valence-electron chi connectivity index (χ1n) is 5.62. The van der Waals surface area contributed by atoms with Gasteiger partial charge in [-0.1, -0.05) is 12.1 Å². The van der Waals surface area contributed by atoms with Gasteiger partial charge in [-0.15, -0.1) is 0 Å². The van der Waals surface area contributed by atoms with Crippen LogP contribution in [0.5, 0.6) is 5.75 Å². The highest BCUT2D eigenvalue weighted by Crippen LogP contribution is 2.22. The first-order valence-corrected chi connectivity index (χ1v) is 5.62. The Hall–Kier alpha value is -2.04. The molecule has 18 heavy (non-hydrogen) atoms. The Morgan fingerprint density at radius 3 is 2.56 bits per heavy atom. The van der Waals surface area contributed by atoms with Crippen LogP contribution >= 0.6 is 0 Å². The number of nitrogens with two attached hydrogens (primary N) is 1. The van der Waals surface area contributed by atoms with Crippen LogP contribution in [0.4, 0.5) is 0 Å². The first kappa shape index (κ1) is 14.0. The number of para-hydroxylation sites is 1. The fourth-order valence-electron chi connectivity index (χ4n) is 1.70. The average Bonchev–Trinajstić information content (AvgIpc) is 2.18. The SMILES string of the molecule is Cc1cccc(C(=O)NC(C)(C)CC(N)=O)c1O. The Labute approximate surface area is 106 Å². The van der Waals surface area contributed by atoms with Crippen molar-refractivity contribution >= 4 is 11.8 Å². The lowest BCUT2D eigenvalue weighted by atomic mass is 9.99. The van der Waals surface area contributed by atoms with Crippen molar-refractivity contribution in [2.24, 2.45) is 5.73 Å². The molecule has 0 spiro atoms. The minimum Gasteiger partial charge on any atom is -0.507 e. The van der Waals surface area contributed by atoms with Gasteiger partial charge in [0.1, 0.15) is 5.75 Å². The quantitative estimate of drug-likeness (QED) is 0.746. The summed E-state index contributed by atoms with van der Waals surface area (Å²) in [6.07, 6.45) is 0.0331. The third-order valence-electron chi connectivity index (χ3n) is 2.55. The van der Waals surface area contributed by atoms with Gasteiger partial charge in [0.05, 0.1) is 5.56 Å². The van der Waals surface area contributed by atoms with Crippen molar-refractivity contribution in [3.63, 3.8) is 0 Å². The number of rotatable bonds is 4. The van der Waals surface area contributed by atoms with Crippen LogP contribution in [0.15, 0.2) is 18.2 Å². The van der Waals surface area contributed by atoms with E-state index in [4.69, 9.17) is 5.73 Å². The second kappa shape index (κ2) is 5.08. The summed E-state index contributed by atoms with van der Waals surface area (Å²) in [6.45, 7) is 5.10. The Kier molecular flexibility index (Phi) is 3.96. The molecule has 0 fully saturated rings. The molecule has 5 heteroatoms. The van der Waals surface area contributed by atoms with Crippen LogP contribution in [0.2, 0.25) is 0 Å². The Morgan fingerprint density at radius 2 is 2.00 bits per heavy atom. The van der Waals surface area contributed by atoms with Crippen molar-refractivity contribution in [1.82, 2.24) is 5.32 Å². The van der Waals surface area contributed by atoms with Crippen LogP contribution in [0.1, 0.15) is 36.2 Å². The minimum atomic E-state index is -0.751. The second-order valence-electron chi connectivity index (χ2n) is 4.95. The lowest BCUT2D eigenvalue weighted by Gasteiger charge is -2.25. The summed E-state index contributed by atoms with van der Waals surface area (Å²) in [7, 11) is 0. The van der Waals surface area contributed by atoms with Crippen LogP contribution in [0.3, 0.4) is 0 Å². The number of benzene rings is 1. The maximum absolute atomic E-state index is 12.0. The molecule has 0 aliphatic heterocycles. The number of amides is 2. The van der Waals surface area contributed by atoms with E-state index in [0.717, 1.165) is 0 Å². The second-order valence-corrected chi connectivity index (χ2v) is 4.95. The van der Waals surface area contributed by atoms with Crippen LogP contribution in [-0.4, -0.2) is 22.5 Å². The molecule has 0 heterocycles. The average molecular weight is 250 g/mol. The van der Waals surface area contributed by atoms with Crippen LogP contribution < -0.4 is 11.1 Å². The predicted molar refractivity (Wildman–Crippen MR) is 68.2 cm³/mol. The highest BCUT2D eigenvalue weighted by Gasteiger charge is 2.24. The molecule has 0 aromatic heterocycles. The lowest BCUT2D eigenvalue weighted by Crippen LogP contribution is -2.46. The van der Waals surface area contributed by atoms with Crippen molar-refractivity contribution in [3.05, 3.63) is 29.3 Å². The summed E-state index contributed by atoms with van der Waals surface area (Å²) in [5, 5.41) is 12.5. The predicted octanol–water partition coefficient (Wildman–Crippen LogP) is 1.08. The van der Waals surface area contributed by atoms with Gasteiger partial charge < -0.3 is 16.2 Å². The summed E-state index contributed by atoms with van der Waals surface area (Å²) >= 11 is 0. The number of primary amides is 1. The van der Waals surface area contributed by atoms with Crippen LogP contribution in [0.25, 0.3) is 0 Å². The van der Waals surface area contributed by atoms with Crippen molar-refractivity contribution in [3.8, 4) is 5.75 Å². The largest absolute Gasteiger partial charge is 0.507 e. The molecule has 5 nitrogen and oxygen atoms in total. The van der Waals surface area contributed by atoms with E-state index in [1.54, 1.807) is 32.9 Å². The van der Waals surface area contributed by atoms with Crippen LogP contribution in [0, 0.1) is 6.92 Å². The van der Waals surface area contributed by atoms with Crippen molar-refractivity contribution in [2.75, 3.05) is 0 Å². The zero-order valence-corrected chi connectivity index (χ0v) is 10.8. The molecule has 98 valence electrons. The van der Waals surface area contributed by atoms with E-state index < -0.39 is 17.4 Å². The summed E-state index contributed by atoms with van der Waals surface area (Å²) in [4.78, 5) is 22.9. The topological polar surface area (TPSA) is 92.4 Å².